The Bertz CT molecular complexity index is 860. The predicted octanol–water partition coefficient (Wildman–Crippen LogP) is 5.04. The van der Waals surface area contributed by atoms with Crippen molar-refractivity contribution in [2.24, 2.45) is 0 Å². The van der Waals surface area contributed by atoms with Gasteiger partial charge in [-0.3, -0.25) is 4.79 Å². The van der Waals surface area contributed by atoms with E-state index in [0.717, 1.165) is 17.7 Å². The molecule has 1 fully saturated rings. The molecule has 1 amide bonds. The maximum Gasteiger partial charge on any atom is 0.339 e. The summed E-state index contributed by atoms with van der Waals surface area (Å²) >= 11 is 0. The van der Waals surface area contributed by atoms with Gasteiger partial charge in [0.1, 0.15) is 11.3 Å². The lowest BCUT2D eigenvalue weighted by atomic mass is 9.96. The molecule has 2 aromatic carbocycles. The van der Waals surface area contributed by atoms with Crippen LogP contribution < -0.4 is 9.64 Å². The monoisotopic (exact) mass is 395 g/mol. The highest BCUT2D eigenvalue weighted by molar-refractivity contribution is 5.96. The molecule has 29 heavy (non-hydrogen) atoms. The van der Waals surface area contributed by atoms with Crippen molar-refractivity contribution in [1.82, 2.24) is 0 Å². The van der Waals surface area contributed by atoms with E-state index in [9.17, 15) is 14.7 Å². The van der Waals surface area contributed by atoms with Crippen molar-refractivity contribution in [1.29, 1.82) is 0 Å². The van der Waals surface area contributed by atoms with Gasteiger partial charge in [-0.2, -0.15) is 0 Å². The molecule has 5 heteroatoms. The predicted molar refractivity (Wildman–Crippen MR) is 114 cm³/mol. The number of ether oxygens (including phenoxy) is 1. The number of benzene rings is 2. The molecule has 0 bridgehead atoms. The van der Waals surface area contributed by atoms with E-state index in [0.29, 0.717) is 18.7 Å². The number of carboxylic acid groups (broad SMARTS) is 1. The van der Waals surface area contributed by atoms with E-state index < -0.39 is 5.97 Å². The molecular weight excluding hydrogens is 366 g/mol. The van der Waals surface area contributed by atoms with Gasteiger partial charge >= 0.3 is 5.97 Å². The van der Waals surface area contributed by atoms with Crippen LogP contribution in [0.2, 0.25) is 0 Å². The van der Waals surface area contributed by atoms with Crippen LogP contribution in [-0.4, -0.2) is 30.6 Å². The van der Waals surface area contributed by atoms with E-state index in [-0.39, 0.29) is 17.4 Å². The van der Waals surface area contributed by atoms with Crippen LogP contribution in [0.5, 0.6) is 5.75 Å². The quantitative estimate of drug-likeness (QED) is 0.604. The Labute approximate surface area is 172 Å². The number of aromatic carboxylic acids is 1. The van der Waals surface area contributed by atoms with Crippen molar-refractivity contribution in [2.45, 2.75) is 51.4 Å². The van der Waals surface area contributed by atoms with Gasteiger partial charge in [0, 0.05) is 24.6 Å². The average molecular weight is 395 g/mol. The zero-order valence-corrected chi connectivity index (χ0v) is 17.2. The molecule has 0 aromatic heterocycles. The van der Waals surface area contributed by atoms with Gasteiger partial charge in [0.15, 0.2) is 0 Å². The molecule has 0 radical (unpaired) electrons. The third-order valence-corrected chi connectivity index (χ3v) is 5.62. The van der Waals surface area contributed by atoms with Crippen LogP contribution in [-0.2, 0) is 11.2 Å². The normalized spacial score (nSPS) is 16.3. The zero-order valence-electron chi connectivity index (χ0n) is 17.2. The number of rotatable bonds is 9. The number of unbranched alkanes of at least 4 members (excludes halogenated alkanes) is 3. The van der Waals surface area contributed by atoms with Crippen molar-refractivity contribution < 1.29 is 19.4 Å². The van der Waals surface area contributed by atoms with Gasteiger partial charge in [0.25, 0.3) is 0 Å². The highest BCUT2D eigenvalue weighted by atomic mass is 16.5. The second kappa shape index (κ2) is 9.59. The third-order valence-electron chi connectivity index (χ3n) is 5.62. The Hall–Kier alpha value is -2.82. The van der Waals surface area contributed by atoms with E-state index in [2.05, 4.69) is 19.1 Å². The molecule has 5 nitrogen and oxygen atoms in total. The van der Waals surface area contributed by atoms with Gasteiger partial charge in [-0.15, -0.1) is 0 Å². The fourth-order valence-corrected chi connectivity index (χ4v) is 3.92. The topological polar surface area (TPSA) is 66.8 Å². The summed E-state index contributed by atoms with van der Waals surface area (Å²) < 4.78 is 5.23. The second-order valence-corrected chi connectivity index (χ2v) is 7.65. The van der Waals surface area contributed by atoms with Crippen LogP contribution in [0.25, 0.3) is 0 Å². The molecule has 0 saturated carbocycles. The lowest BCUT2D eigenvalue weighted by Crippen LogP contribution is -2.24. The van der Waals surface area contributed by atoms with E-state index in [4.69, 9.17) is 4.74 Å². The van der Waals surface area contributed by atoms with Crippen molar-refractivity contribution >= 4 is 17.6 Å². The first kappa shape index (κ1) is 20.9. The molecule has 1 aliphatic rings. The maximum atomic E-state index is 12.6. The molecule has 3 rings (SSSR count). The van der Waals surface area contributed by atoms with Crippen molar-refractivity contribution in [2.75, 3.05) is 18.6 Å². The summed E-state index contributed by atoms with van der Waals surface area (Å²) in [6.45, 7) is 2.80. The van der Waals surface area contributed by atoms with E-state index in [1.54, 1.807) is 18.2 Å². The highest BCUT2D eigenvalue weighted by Crippen LogP contribution is 2.34. The molecule has 0 aliphatic carbocycles. The number of anilines is 1. The molecule has 1 saturated heterocycles. The first-order valence-electron chi connectivity index (χ1n) is 10.3. The maximum absolute atomic E-state index is 12.6. The number of hydrogen-bond acceptors (Lipinski definition) is 3. The van der Waals surface area contributed by atoms with Crippen molar-refractivity contribution in [3.8, 4) is 5.75 Å². The molecule has 1 aliphatic heterocycles. The molecule has 1 N–H and O–H groups in total. The van der Waals surface area contributed by atoms with Gasteiger partial charge in [-0.1, -0.05) is 44.4 Å². The van der Waals surface area contributed by atoms with E-state index in [1.807, 2.05) is 17.0 Å². The van der Waals surface area contributed by atoms with Gasteiger partial charge in [-0.05, 0) is 48.2 Å². The lowest BCUT2D eigenvalue weighted by Gasteiger charge is -2.18. The first-order chi connectivity index (χ1) is 14.0. The largest absolute Gasteiger partial charge is 0.496 e. The summed E-state index contributed by atoms with van der Waals surface area (Å²) in [4.78, 5) is 25.7. The minimum absolute atomic E-state index is 0.0213. The number of nitrogens with zero attached hydrogens (tertiary/aromatic N) is 1. The van der Waals surface area contributed by atoms with Crippen molar-refractivity contribution in [3.05, 3.63) is 59.2 Å². The standard InChI is InChI=1S/C24H29NO4/c1-3-4-5-6-7-17-8-11-20(12-9-17)25-16-19(15-23(25)26)18-10-13-21(24(27)28)22(14-18)29-2/h8-14,19H,3-7,15-16H2,1-2H3,(H,27,28). The molecule has 154 valence electrons. The van der Waals surface area contributed by atoms with Crippen LogP contribution >= 0.6 is 0 Å². The minimum Gasteiger partial charge on any atom is -0.496 e. The Balaban J connectivity index is 1.68. The third kappa shape index (κ3) is 4.97. The molecule has 1 atom stereocenters. The van der Waals surface area contributed by atoms with Gasteiger partial charge in [0.05, 0.1) is 7.11 Å². The summed E-state index contributed by atoms with van der Waals surface area (Å²) in [6.07, 6.45) is 6.46. The lowest BCUT2D eigenvalue weighted by molar-refractivity contribution is -0.117. The highest BCUT2D eigenvalue weighted by Gasteiger charge is 2.32. The number of carbonyl (C=O) groups excluding carboxylic acids is 1. The Kier molecular flexibility index (Phi) is 6.91. The Morgan fingerprint density at radius 3 is 2.55 bits per heavy atom. The average Bonchev–Trinajstić information content (AvgIpc) is 3.12. The van der Waals surface area contributed by atoms with Crippen molar-refractivity contribution in [3.63, 3.8) is 0 Å². The number of hydrogen-bond donors (Lipinski definition) is 1. The van der Waals surface area contributed by atoms with E-state index >= 15 is 0 Å². The van der Waals surface area contributed by atoms with Gasteiger partial charge in [0.2, 0.25) is 5.91 Å². The van der Waals surface area contributed by atoms with Crippen LogP contribution in [0.1, 0.15) is 66.4 Å². The molecule has 1 unspecified atom stereocenters. The summed E-state index contributed by atoms with van der Waals surface area (Å²) in [7, 11) is 1.46. The molecule has 2 aromatic rings. The zero-order chi connectivity index (χ0) is 20.8. The van der Waals surface area contributed by atoms with Gasteiger partial charge < -0.3 is 14.7 Å². The van der Waals surface area contributed by atoms with Crippen LogP contribution in [0, 0.1) is 0 Å². The number of carboxylic acids is 1. The smallest absolute Gasteiger partial charge is 0.339 e. The van der Waals surface area contributed by atoms with Crippen LogP contribution in [0.15, 0.2) is 42.5 Å². The fraction of sp³-hybridized carbons (Fsp3) is 0.417. The summed E-state index contributed by atoms with van der Waals surface area (Å²) in [5.41, 5.74) is 3.29. The molecule has 1 heterocycles. The Morgan fingerprint density at radius 2 is 1.90 bits per heavy atom. The van der Waals surface area contributed by atoms with Crippen LogP contribution in [0.4, 0.5) is 5.69 Å². The Morgan fingerprint density at radius 1 is 1.14 bits per heavy atom. The fourth-order valence-electron chi connectivity index (χ4n) is 3.92. The number of amides is 1. The number of aryl methyl sites for hydroxylation is 1. The van der Waals surface area contributed by atoms with Crippen LogP contribution in [0.3, 0.4) is 0 Å². The number of methoxy groups -OCH3 is 1. The first-order valence-corrected chi connectivity index (χ1v) is 10.3. The minimum atomic E-state index is -1.02. The molecule has 0 spiro atoms. The number of carbonyl (C=O) groups is 2. The molecular formula is C24H29NO4. The summed E-state index contributed by atoms with van der Waals surface area (Å²) in [5, 5.41) is 9.25. The summed E-state index contributed by atoms with van der Waals surface area (Å²) in [5.74, 6) is -0.583. The summed E-state index contributed by atoms with van der Waals surface area (Å²) in [6, 6.07) is 13.4. The SMILES string of the molecule is CCCCCCc1ccc(N2CC(c3ccc(C(=O)O)c(OC)c3)CC2=O)cc1. The van der Waals surface area contributed by atoms with E-state index in [1.165, 1.54) is 38.4 Å². The van der Waals surface area contributed by atoms with Gasteiger partial charge in [-0.25, -0.2) is 4.79 Å². The second-order valence-electron chi connectivity index (χ2n) is 7.65.